The van der Waals surface area contributed by atoms with E-state index in [1.165, 1.54) is 0 Å². The fourth-order valence-corrected chi connectivity index (χ4v) is 1.95. The highest BCUT2D eigenvalue weighted by molar-refractivity contribution is 5.49. The van der Waals surface area contributed by atoms with E-state index in [0.29, 0.717) is 11.6 Å². The van der Waals surface area contributed by atoms with Crippen molar-refractivity contribution >= 4 is 11.9 Å². The first-order valence-electron chi connectivity index (χ1n) is 7.28. The van der Waals surface area contributed by atoms with Crippen molar-refractivity contribution in [3.05, 3.63) is 54.2 Å². The van der Waals surface area contributed by atoms with E-state index >= 15 is 0 Å². The molecule has 7 heteroatoms. The smallest absolute Gasteiger partial charge is 0.181 e. The Morgan fingerprint density at radius 1 is 1.17 bits per heavy atom. The minimum Gasteiger partial charge on any atom is -0.359 e. The first kappa shape index (κ1) is 15.0. The van der Waals surface area contributed by atoms with Crippen LogP contribution in [0.3, 0.4) is 0 Å². The van der Waals surface area contributed by atoms with E-state index in [1.54, 1.807) is 17.0 Å². The van der Waals surface area contributed by atoms with E-state index in [1.807, 2.05) is 36.4 Å². The van der Waals surface area contributed by atoms with Crippen LogP contribution in [0.1, 0.15) is 32.4 Å². The first-order chi connectivity index (χ1) is 11.0. The van der Waals surface area contributed by atoms with Gasteiger partial charge in [0.25, 0.3) is 0 Å². The summed E-state index contributed by atoms with van der Waals surface area (Å²) in [6.45, 7) is 6.21. The fraction of sp³-hybridized carbons (Fsp3) is 0.250. The van der Waals surface area contributed by atoms with Crippen molar-refractivity contribution in [2.24, 2.45) is 0 Å². The zero-order valence-corrected chi connectivity index (χ0v) is 13.3. The van der Waals surface area contributed by atoms with Gasteiger partial charge in [-0.05, 0) is 22.6 Å². The predicted molar refractivity (Wildman–Crippen MR) is 87.0 cm³/mol. The van der Waals surface area contributed by atoms with E-state index in [0.717, 1.165) is 11.4 Å². The van der Waals surface area contributed by atoms with Gasteiger partial charge in [0.15, 0.2) is 11.6 Å². The van der Waals surface area contributed by atoms with Crippen LogP contribution in [-0.4, -0.2) is 25.4 Å². The highest BCUT2D eigenvalue weighted by Gasteiger charge is 2.19. The second kappa shape index (κ2) is 6.04. The van der Waals surface area contributed by atoms with E-state index in [2.05, 4.69) is 46.8 Å². The van der Waals surface area contributed by atoms with Crippen molar-refractivity contribution in [2.45, 2.75) is 26.2 Å². The van der Waals surface area contributed by atoms with E-state index in [-0.39, 0.29) is 5.41 Å². The molecule has 1 aromatic carbocycles. The van der Waals surface area contributed by atoms with Crippen LogP contribution in [0.2, 0.25) is 0 Å². The van der Waals surface area contributed by atoms with E-state index in [4.69, 9.17) is 4.52 Å². The number of nitrogens with one attached hydrogen (secondary N) is 1. The number of hydrogen-bond donors (Lipinski definition) is 1. The van der Waals surface area contributed by atoms with Crippen LogP contribution in [0.25, 0.3) is 11.8 Å². The molecule has 3 aromatic rings. The monoisotopic (exact) mass is 310 g/mol. The Morgan fingerprint density at radius 3 is 2.65 bits per heavy atom. The van der Waals surface area contributed by atoms with Crippen molar-refractivity contribution in [3.63, 3.8) is 0 Å². The molecule has 0 unspecified atom stereocenters. The van der Waals surface area contributed by atoms with Crippen LogP contribution < -0.4 is 5.32 Å². The molecule has 0 aliphatic carbocycles. The number of benzene rings is 1. The SMILES string of the molecule is CC(C)(C)c1cc(NC=Cc2nnnn2-c2ccccc2)no1. The summed E-state index contributed by atoms with van der Waals surface area (Å²) in [5.74, 6) is 2.08. The fourth-order valence-electron chi connectivity index (χ4n) is 1.95. The lowest BCUT2D eigenvalue weighted by atomic mass is 9.93. The highest BCUT2D eigenvalue weighted by atomic mass is 16.5. The lowest BCUT2D eigenvalue weighted by molar-refractivity contribution is 0.331. The molecule has 0 aliphatic rings. The number of rotatable bonds is 4. The molecular weight excluding hydrogens is 292 g/mol. The van der Waals surface area contributed by atoms with Crippen LogP contribution in [0.5, 0.6) is 0 Å². The van der Waals surface area contributed by atoms with Gasteiger partial charge in [0.05, 0.1) is 5.69 Å². The Kier molecular flexibility index (Phi) is 3.92. The molecule has 2 heterocycles. The Morgan fingerprint density at radius 2 is 1.96 bits per heavy atom. The number of hydrogen-bond acceptors (Lipinski definition) is 6. The summed E-state index contributed by atoms with van der Waals surface area (Å²) in [6, 6.07) is 11.6. The average molecular weight is 310 g/mol. The van der Waals surface area contributed by atoms with Crippen LogP contribution in [0.15, 0.2) is 47.1 Å². The zero-order valence-electron chi connectivity index (χ0n) is 13.3. The van der Waals surface area contributed by atoms with Crippen LogP contribution in [-0.2, 0) is 5.41 Å². The third-order valence-corrected chi connectivity index (χ3v) is 3.21. The van der Waals surface area contributed by atoms with Gasteiger partial charge in [-0.1, -0.05) is 44.1 Å². The average Bonchev–Trinajstić information content (AvgIpc) is 3.17. The lowest BCUT2D eigenvalue weighted by Gasteiger charge is -2.11. The summed E-state index contributed by atoms with van der Waals surface area (Å²) in [4.78, 5) is 0. The predicted octanol–water partition coefficient (Wildman–Crippen LogP) is 3.03. The summed E-state index contributed by atoms with van der Waals surface area (Å²) in [7, 11) is 0. The molecule has 118 valence electrons. The molecule has 0 bridgehead atoms. The third kappa shape index (κ3) is 3.45. The van der Waals surface area contributed by atoms with Crippen molar-refractivity contribution in [1.29, 1.82) is 0 Å². The summed E-state index contributed by atoms with van der Waals surface area (Å²) in [5.41, 5.74) is 0.822. The van der Waals surface area contributed by atoms with Gasteiger partial charge < -0.3 is 9.84 Å². The maximum absolute atomic E-state index is 5.32. The second-order valence-corrected chi connectivity index (χ2v) is 6.09. The molecular formula is C16H18N6O. The molecule has 2 aromatic heterocycles. The molecule has 3 rings (SSSR count). The number of anilines is 1. The molecule has 0 radical (unpaired) electrons. The lowest BCUT2D eigenvalue weighted by Crippen LogP contribution is -2.09. The summed E-state index contributed by atoms with van der Waals surface area (Å²) < 4.78 is 6.97. The molecule has 0 saturated heterocycles. The van der Waals surface area contributed by atoms with E-state index < -0.39 is 0 Å². The highest BCUT2D eigenvalue weighted by Crippen LogP contribution is 2.24. The van der Waals surface area contributed by atoms with Crippen LogP contribution >= 0.6 is 0 Å². The minimum atomic E-state index is -0.0753. The Hall–Kier alpha value is -2.96. The van der Waals surface area contributed by atoms with Crippen LogP contribution in [0, 0.1) is 0 Å². The van der Waals surface area contributed by atoms with Gasteiger partial charge in [-0.3, -0.25) is 0 Å². The van der Waals surface area contributed by atoms with Gasteiger partial charge in [0.2, 0.25) is 0 Å². The molecule has 7 nitrogen and oxygen atoms in total. The van der Waals surface area contributed by atoms with E-state index in [9.17, 15) is 0 Å². The van der Waals surface area contributed by atoms with Crippen LogP contribution in [0.4, 0.5) is 5.82 Å². The molecule has 23 heavy (non-hydrogen) atoms. The maximum Gasteiger partial charge on any atom is 0.181 e. The van der Waals surface area contributed by atoms with Gasteiger partial charge in [0, 0.05) is 23.8 Å². The summed E-state index contributed by atoms with van der Waals surface area (Å²) in [5, 5.41) is 18.7. The Labute approximate surface area is 134 Å². The number of nitrogens with zero attached hydrogens (tertiary/aromatic N) is 5. The first-order valence-corrected chi connectivity index (χ1v) is 7.28. The van der Waals surface area contributed by atoms with Crippen molar-refractivity contribution in [3.8, 4) is 5.69 Å². The second-order valence-electron chi connectivity index (χ2n) is 6.09. The normalized spacial score (nSPS) is 12.0. The number of tetrazole rings is 1. The molecule has 0 spiro atoms. The number of para-hydroxylation sites is 1. The van der Waals surface area contributed by atoms with Gasteiger partial charge in [-0.25, -0.2) is 0 Å². The van der Waals surface area contributed by atoms with Gasteiger partial charge in [0.1, 0.15) is 5.76 Å². The molecule has 0 saturated carbocycles. The Bertz CT molecular complexity index is 797. The van der Waals surface area contributed by atoms with Gasteiger partial charge in [-0.2, -0.15) is 4.68 Å². The molecule has 0 fully saturated rings. The molecule has 1 N–H and O–H groups in total. The quantitative estimate of drug-likeness (QED) is 0.797. The molecule has 0 amide bonds. The zero-order chi connectivity index (χ0) is 16.3. The third-order valence-electron chi connectivity index (χ3n) is 3.21. The van der Waals surface area contributed by atoms with Gasteiger partial charge in [-0.15, -0.1) is 5.10 Å². The van der Waals surface area contributed by atoms with Crippen molar-refractivity contribution in [1.82, 2.24) is 25.4 Å². The van der Waals surface area contributed by atoms with Crippen molar-refractivity contribution in [2.75, 3.05) is 5.32 Å². The molecule has 0 atom stereocenters. The number of aromatic nitrogens is 5. The Balaban J connectivity index is 1.72. The standard InChI is InChI=1S/C16H18N6O/c1-16(2,3)13-11-14(19-23-13)17-10-9-15-18-20-21-22(15)12-7-5-4-6-8-12/h4-11H,1-3H3,(H,17,19). The topological polar surface area (TPSA) is 81.7 Å². The maximum atomic E-state index is 5.32. The summed E-state index contributed by atoms with van der Waals surface area (Å²) >= 11 is 0. The minimum absolute atomic E-state index is 0.0753. The summed E-state index contributed by atoms with van der Waals surface area (Å²) in [6.07, 6.45) is 3.51. The van der Waals surface area contributed by atoms with Crippen molar-refractivity contribution < 1.29 is 4.52 Å². The largest absolute Gasteiger partial charge is 0.359 e. The molecule has 0 aliphatic heterocycles. The van der Waals surface area contributed by atoms with Gasteiger partial charge >= 0.3 is 0 Å².